The smallest absolute Gasteiger partial charge is 0.243 e. The van der Waals surface area contributed by atoms with Crippen molar-refractivity contribution >= 4 is 10.0 Å². The Kier molecular flexibility index (Phi) is 6.21. The maximum absolute atomic E-state index is 12.4. The van der Waals surface area contributed by atoms with Gasteiger partial charge in [0, 0.05) is 19.6 Å². The maximum Gasteiger partial charge on any atom is 0.243 e. The Morgan fingerprint density at radius 2 is 1.95 bits per heavy atom. The Hall–Kier alpha value is -1.17. The number of hydrogen-bond donors (Lipinski definition) is 1. The van der Waals surface area contributed by atoms with E-state index in [0.717, 1.165) is 0 Å². The van der Waals surface area contributed by atoms with Gasteiger partial charge in [0.1, 0.15) is 0 Å². The van der Waals surface area contributed by atoms with Gasteiger partial charge in [0.25, 0.3) is 0 Å². The summed E-state index contributed by atoms with van der Waals surface area (Å²) in [6.45, 7) is 9.47. The van der Waals surface area contributed by atoms with Crippen molar-refractivity contribution in [3.63, 3.8) is 0 Å². The molecule has 0 bridgehead atoms. The van der Waals surface area contributed by atoms with Crippen molar-refractivity contribution in [1.82, 2.24) is 9.62 Å². The highest BCUT2D eigenvalue weighted by Crippen LogP contribution is 2.19. The number of benzene rings is 1. The van der Waals surface area contributed by atoms with Gasteiger partial charge in [-0.25, -0.2) is 8.42 Å². The van der Waals surface area contributed by atoms with Crippen molar-refractivity contribution < 1.29 is 8.42 Å². The molecule has 1 atom stereocenters. The number of nitrogens with one attached hydrogen (secondary N) is 1. The van der Waals surface area contributed by atoms with Gasteiger partial charge in [-0.15, -0.1) is 6.58 Å². The minimum atomic E-state index is -3.40. The third-order valence-corrected chi connectivity index (χ3v) is 4.79. The lowest BCUT2D eigenvalue weighted by Crippen LogP contribution is -2.52. The van der Waals surface area contributed by atoms with Crippen molar-refractivity contribution in [1.29, 1.82) is 0 Å². The number of sulfonamides is 1. The van der Waals surface area contributed by atoms with Crippen LogP contribution in [0.15, 0.2) is 47.9 Å². The Morgan fingerprint density at radius 3 is 2.53 bits per heavy atom. The summed E-state index contributed by atoms with van der Waals surface area (Å²) in [6.07, 6.45) is 1.67. The molecule has 0 amide bonds. The van der Waals surface area contributed by atoms with Gasteiger partial charge in [0.05, 0.1) is 10.9 Å². The van der Waals surface area contributed by atoms with E-state index in [1.165, 1.54) is 4.31 Å². The van der Waals surface area contributed by atoms with Crippen LogP contribution in [0.3, 0.4) is 0 Å². The van der Waals surface area contributed by atoms with E-state index >= 15 is 0 Å². The lowest BCUT2D eigenvalue weighted by Gasteiger charge is -2.33. The van der Waals surface area contributed by atoms with Gasteiger partial charge in [0.15, 0.2) is 0 Å². The van der Waals surface area contributed by atoms with E-state index in [2.05, 4.69) is 11.9 Å². The summed E-state index contributed by atoms with van der Waals surface area (Å²) in [7, 11) is -3.40. The van der Waals surface area contributed by atoms with E-state index in [1.807, 2.05) is 19.9 Å². The largest absolute Gasteiger partial charge is 0.314 e. The van der Waals surface area contributed by atoms with Crippen LogP contribution in [0.2, 0.25) is 0 Å². The molecule has 1 aromatic rings. The first kappa shape index (κ1) is 15.9. The van der Waals surface area contributed by atoms with Crippen LogP contribution >= 0.6 is 0 Å². The molecule has 0 unspecified atom stereocenters. The molecule has 0 spiro atoms. The SMILES string of the molecule is C=C[C@H]1CNCCN1S(=O)(=O)c1ccccc1.CC. The average molecular weight is 282 g/mol. The fourth-order valence-electron chi connectivity index (χ4n) is 1.93. The quantitative estimate of drug-likeness (QED) is 0.861. The Balaban J connectivity index is 0.000000861. The normalized spacial score (nSPS) is 20.2. The molecule has 0 saturated carbocycles. The zero-order chi connectivity index (χ0) is 14.3. The molecule has 1 heterocycles. The monoisotopic (exact) mass is 282 g/mol. The average Bonchev–Trinajstić information content (AvgIpc) is 2.50. The number of hydrogen-bond acceptors (Lipinski definition) is 3. The molecule has 1 saturated heterocycles. The lowest BCUT2D eigenvalue weighted by atomic mass is 10.2. The van der Waals surface area contributed by atoms with Gasteiger partial charge in [-0.2, -0.15) is 4.31 Å². The van der Waals surface area contributed by atoms with Crippen LogP contribution in [0.1, 0.15) is 13.8 Å². The van der Waals surface area contributed by atoms with E-state index in [4.69, 9.17) is 0 Å². The highest BCUT2D eigenvalue weighted by atomic mass is 32.2. The molecule has 1 fully saturated rings. The minimum Gasteiger partial charge on any atom is -0.314 e. The van der Waals surface area contributed by atoms with Crippen LogP contribution in [0.5, 0.6) is 0 Å². The van der Waals surface area contributed by atoms with Crippen molar-refractivity contribution in [2.24, 2.45) is 0 Å². The first-order valence-corrected chi connectivity index (χ1v) is 8.00. The van der Waals surface area contributed by atoms with Crippen molar-refractivity contribution in [2.75, 3.05) is 19.6 Å². The van der Waals surface area contributed by atoms with Crippen molar-refractivity contribution in [2.45, 2.75) is 24.8 Å². The Bertz CT molecular complexity index is 485. The fraction of sp³-hybridized carbons (Fsp3) is 0.429. The van der Waals surface area contributed by atoms with Gasteiger partial charge >= 0.3 is 0 Å². The molecule has 1 aromatic carbocycles. The summed E-state index contributed by atoms with van der Waals surface area (Å²) in [5, 5.41) is 3.16. The van der Waals surface area contributed by atoms with Crippen LogP contribution < -0.4 is 5.32 Å². The van der Waals surface area contributed by atoms with Gasteiger partial charge in [-0.1, -0.05) is 38.1 Å². The molecule has 2 rings (SSSR count). The summed E-state index contributed by atoms with van der Waals surface area (Å²) in [5.74, 6) is 0. The van der Waals surface area contributed by atoms with E-state index in [9.17, 15) is 8.42 Å². The van der Waals surface area contributed by atoms with E-state index < -0.39 is 10.0 Å². The predicted octanol–water partition coefficient (Wildman–Crippen LogP) is 1.86. The van der Waals surface area contributed by atoms with Crippen molar-refractivity contribution in [3.8, 4) is 0 Å². The van der Waals surface area contributed by atoms with Crippen LogP contribution in [-0.2, 0) is 10.0 Å². The second kappa shape index (κ2) is 7.43. The molecule has 106 valence electrons. The maximum atomic E-state index is 12.4. The highest BCUT2D eigenvalue weighted by molar-refractivity contribution is 7.89. The van der Waals surface area contributed by atoms with Crippen LogP contribution in [0.4, 0.5) is 0 Å². The molecule has 1 aliphatic rings. The van der Waals surface area contributed by atoms with E-state index in [0.29, 0.717) is 24.5 Å². The summed E-state index contributed by atoms with van der Waals surface area (Å²) in [6, 6.07) is 8.35. The summed E-state index contributed by atoms with van der Waals surface area (Å²) < 4.78 is 26.3. The first-order valence-electron chi connectivity index (χ1n) is 6.56. The molecule has 0 radical (unpaired) electrons. The second-order valence-corrected chi connectivity index (χ2v) is 5.83. The molecule has 19 heavy (non-hydrogen) atoms. The Labute approximate surface area is 116 Å². The van der Waals surface area contributed by atoms with Gasteiger partial charge in [-0.05, 0) is 12.1 Å². The standard InChI is InChI=1S/C12H16N2O2S.C2H6/c1-2-11-10-13-8-9-14(11)17(15,16)12-6-4-3-5-7-12;1-2/h2-7,11,13H,1,8-10H2;1-2H3/t11-;/m0./s1. The molecule has 1 N–H and O–H groups in total. The van der Waals surface area contributed by atoms with E-state index in [1.54, 1.807) is 30.3 Å². The summed E-state index contributed by atoms with van der Waals surface area (Å²) >= 11 is 0. The molecule has 5 heteroatoms. The predicted molar refractivity (Wildman–Crippen MR) is 78.5 cm³/mol. The zero-order valence-corrected chi connectivity index (χ0v) is 12.4. The molecular formula is C14H22N2O2S. The third-order valence-electron chi connectivity index (χ3n) is 2.85. The number of nitrogens with zero attached hydrogens (tertiary/aromatic N) is 1. The minimum absolute atomic E-state index is 0.172. The first-order chi connectivity index (χ1) is 9.16. The number of piperazine rings is 1. The van der Waals surface area contributed by atoms with Crippen LogP contribution in [-0.4, -0.2) is 38.4 Å². The third kappa shape index (κ3) is 3.65. The summed E-state index contributed by atoms with van der Waals surface area (Å²) in [5.41, 5.74) is 0. The molecule has 4 nitrogen and oxygen atoms in total. The Morgan fingerprint density at radius 1 is 1.32 bits per heavy atom. The van der Waals surface area contributed by atoms with Gasteiger partial charge < -0.3 is 5.32 Å². The topological polar surface area (TPSA) is 49.4 Å². The second-order valence-electron chi connectivity index (χ2n) is 3.94. The highest BCUT2D eigenvalue weighted by Gasteiger charge is 2.31. The summed E-state index contributed by atoms with van der Waals surface area (Å²) in [4.78, 5) is 0.341. The van der Waals surface area contributed by atoms with E-state index in [-0.39, 0.29) is 6.04 Å². The molecule has 0 aromatic heterocycles. The lowest BCUT2D eigenvalue weighted by molar-refractivity contribution is 0.307. The molecule has 0 aliphatic carbocycles. The van der Waals surface area contributed by atoms with Gasteiger partial charge in [-0.3, -0.25) is 0 Å². The zero-order valence-electron chi connectivity index (χ0n) is 11.5. The number of rotatable bonds is 3. The molecular weight excluding hydrogens is 260 g/mol. The van der Waals surface area contributed by atoms with Crippen LogP contribution in [0, 0.1) is 0 Å². The van der Waals surface area contributed by atoms with Gasteiger partial charge in [0.2, 0.25) is 10.0 Å². The molecule has 1 aliphatic heterocycles. The van der Waals surface area contributed by atoms with Crippen LogP contribution in [0.25, 0.3) is 0 Å². The fourth-order valence-corrected chi connectivity index (χ4v) is 3.55. The van der Waals surface area contributed by atoms with Crippen molar-refractivity contribution in [3.05, 3.63) is 43.0 Å².